The summed E-state index contributed by atoms with van der Waals surface area (Å²) in [6, 6.07) is 9.64. The predicted molar refractivity (Wildman–Crippen MR) is 84.0 cm³/mol. The molecule has 0 amide bonds. The summed E-state index contributed by atoms with van der Waals surface area (Å²) in [4.78, 5) is 2.13. The zero-order valence-corrected chi connectivity index (χ0v) is 13.3. The number of nitrogens with zero attached hydrogens (tertiary/aromatic N) is 1. The Labute approximate surface area is 131 Å². The highest BCUT2D eigenvalue weighted by atomic mass is 16.5. The molecular formula is C17H23NO4. The second kappa shape index (κ2) is 7.87. The van der Waals surface area contributed by atoms with E-state index in [1.165, 1.54) is 0 Å². The Balaban J connectivity index is 2.12. The maximum absolute atomic E-state index is 9.70. The number of benzene rings is 1. The van der Waals surface area contributed by atoms with Crippen molar-refractivity contribution >= 4 is 0 Å². The SMILES string of the molecule is COc1ccc(CN(Cc2ccco2)C[C@H](C)O)cc1OC. The van der Waals surface area contributed by atoms with Crippen LogP contribution < -0.4 is 9.47 Å². The van der Waals surface area contributed by atoms with Crippen molar-refractivity contribution < 1.29 is 19.0 Å². The number of methoxy groups -OCH3 is 2. The van der Waals surface area contributed by atoms with E-state index in [0.717, 1.165) is 11.3 Å². The first kappa shape index (κ1) is 16.4. The van der Waals surface area contributed by atoms with Crippen LogP contribution in [0.5, 0.6) is 11.5 Å². The van der Waals surface area contributed by atoms with Gasteiger partial charge in [0.1, 0.15) is 5.76 Å². The Morgan fingerprint density at radius 2 is 1.91 bits per heavy atom. The molecule has 1 heterocycles. The highest BCUT2D eigenvalue weighted by Crippen LogP contribution is 2.28. The van der Waals surface area contributed by atoms with Crippen LogP contribution in [0.25, 0.3) is 0 Å². The van der Waals surface area contributed by atoms with Crippen LogP contribution in [0.4, 0.5) is 0 Å². The molecule has 0 radical (unpaired) electrons. The maximum Gasteiger partial charge on any atom is 0.161 e. The molecule has 2 rings (SSSR count). The number of aliphatic hydroxyl groups excluding tert-OH is 1. The minimum absolute atomic E-state index is 0.407. The smallest absolute Gasteiger partial charge is 0.161 e. The fourth-order valence-electron chi connectivity index (χ4n) is 2.42. The van der Waals surface area contributed by atoms with Gasteiger partial charge >= 0.3 is 0 Å². The van der Waals surface area contributed by atoms with Gasteiger partial charge in [-0.3, -0.25) is 4.90 Å². The molecule has 0 fully saturated rings. The molecule has 0 unspecified atom stereocenters. The largest absolute Gasteiger partial charge is 0.493 e. The lowest BCUT2D eigenvalue weighted by molar-refractivity contribution is 0.113. The second-order valence-electron chi connectivity index (χ2n) is 5.29. The van der Waals surface area contributed by atoms with Crippen LogP contribution in [0.3, 0.4) is 0 Å². The highest BCUT2D eigenvalue weighted by Gasteiger charge is 2.13. The number of furan rings is 1. The van der Waals surface area contributed by atoms with Gasteiger partial charge in [-0.2, -0.15) is 0 Å². The summed E-state index contributed by atoms with van der Waals surface area (Å²) in [5, 5.41) is 9.70. The van der Waals surface area contributed by atoms with Crippen molar-refractivity contribution in [3.63, 3.8) is 0 Å². The lowest BCUT2D eigenvalue weighted by atomic mass is 10.1. The van der Waals surface area contributed by atoms with Crippen molar-refractivity contribution in [2.24, 2.45) is 0 Å². The molecule has 0 saturated heterocycles. The van der Waals surface area contributed by atoms with Crippen LogP contribution >= 0.6 is 0 Å². The van der Waals surface area contributed by atoms with E-state index in [1.54, 1.807) is 27.4 Å². The highest BCUT2D eigenvalue weighted by molar-refractivity contribution is 5.42. The monoisotopic (exact) mass is 305 g/mol. The third-order valence-electron chi connectivity index (χ3n) is 3.34. The number of hydrogen-bond acceptors (Lipinski definition) is 5. The summed E-state index contributed by atoms with van der Waals surface area (Å²) < 4.78 is 16.0. The van der Waals surface area contributed by atoms with Crippen LogP contribution in [0.15, 0.2) is 41.0 Å². The molecular weight excluding hydrogens is 282 g/mol. The molecule has 22 heavy (non-hydrogen) atoms. The maximum atomic E-state index is 9.70. The fourth-order valence-corrected chi connectivity index (χ4v) is 2.42. The van der Waals surface area contributed by atoms with Crippen LogP contribution in [-0.4, -0.2) is 36.9 Å². The Morgan fingerprint density at radius 3 is 2.50 bits per heavy atom. The minimum Gasteiger partial charge on any atom is -0.493 e. The first-order valence-corrected chi connectivity index (χ1v) is 7.26. The quantitative estimate of drug-likeness (QED) is 0.812. The van der Waals surface area contributed by atoms with Crippen molar-refractivity contribution in [2.75, 3.05) is 20.8 Å². The molecule has 1 atom stereocenters. The van der Waals surface area contributed by atoms with Gasteiger partial charge in [-0.1, -0.05) is 6.07 Å². The summed E-state index contributed by atoms with van der Waals surface area (Å²) in [6.45, 7) is 3.68. The summed E-state index contributed by atoms with van der Waals surface area (Å²) in [5.41, 5.74) is 1.09. The molecule has 5 heteroatoms. The first-order chi connectivity index (χ1) is 10.6. The molecule has 0 spiro atoms. The third kappa shape index (κ3) is 4.51. The lowest BCUT2D eigenvalue weighted by Gasteiger charge is -2.23. The van der Waals surface area contributed by atoms with Gasteiger partial charge in [-0.15, -0.1) is 0 Å². The molecule has 0 aliphatic heterocycles. The van der Waals surface area contributed by atoms with Gasteiger partial charge in [0.05, 0.1) is 33.1 Å². The number of hydrogen-bond donors (Lipinski definition) is 1. The van der Waals surface area contributed by atoms with Crippen LogP contribution in [0, 0.1) is 0 Å². The van der Waals surface area contributed by atoms with Crippen LogP contribution in [0.1, 0.15) is 18.2 Å². The van der Waals surface area contributed by atoms with Crippen molar-refractivity contribution in [1.82, 2.24) is 4.90 Å². The van der Waals surface area contributed by atoms with Gasteiger partial charge in [0.25, 0.3) is 0 Å². The van der Waals surface area contributed by atoms with E-state index < -0.39 is 6.10 Å². The zero-order chi connectivity index (χ0) is 15.9. The van der Waals surface area contributed by atoms with Gasteiger partial charge in [-0.25, -0.2) is 0 Å². The van der Waals surface area contributed by atoms with Gasteiger partial charge in [0, 0.05) is 13.1 Å². The standard InChI is InChI=1S/C17H23NO4/c1-13(19)10-18(12-15-5-4-8-22-15)11-14-6-7-16(20-2)17(9-14)21-3/h4-9,13,19H,10-12H2,1-3H3/t13-/m0/s1. The Hall–Kier alpha value is -1.98. The average molecular weight is 305 g/mol. The van der Waals surface area contributed by atoms with E-state index in [2.05, 4.69) is 4.90 Å². The topological polar surface area (TPSA) is 55.1 Å². The van der Waals surface area contributed by atoms with E-state index in [0.29, 0.717) is 31.1 Å². The molecule has 5 nitrogen and oxygen atoms in total. The van der Waals surface area contributed by atoms with Gasteiger partial charge in [-0.05, 0) is 36.8 Å². The summed E-state index contributed by atoms with van der Waals surface area (Å²) in [5.74, 6) is 2.29. The summed E-state index contributed by atoms with van der Waals surface area (Å²) >= 11 is 0. The van der Waals surface area contributed by atoms with Gasteiger partial charge in [0.15, 0.2) is 11.5 Å². The molecule has 0 bridgehead atoms. The molecule has 1 aromatic heterocycles. The minimum atomic E-state index is -0.407. The Morgan fingerprint density at radius 1 is 1.14 bits per heavy atom. The van der Waals surface area contributed by atoms with Crippen LogP contribution in [-0.2, 0) is 13.1 Å². The normalized spacial score (nSPS) is 12.4. The summed E-state index contributed by atoms with van der Waals surface area (Å²) in [7, 11) is 3.24. The predicted octanol–water partition coefficient (Wildman–Crippen LogP) is 2.68. The third-order valence-corrected chi connectivity index (χ3v) is 3.34. The van der Waals surface area contributed by atoms with E-state index in [4.69, 9.17) is 13.9 Å². The van der Waals surface area contributed by atoms with Gasteiger partial charge < -0.3 is 19.0 Å². The second-order valence-corrected chi connectivity index (χ2v) is 5.29. The summed E-state index contributed by atoms with van der Waals surface area (Å²) in [6.07, 6.45) is 1.25. The zero-order valence-electron chi connectivity index (χ0n) is 13.3. The fraction of sp³-hybridized carbons (Fsp3) is 0.412. The van der Waals surface area contributed by atoms with E-state index in [9.17, 15) is 5.11 Å². The van der Waals surface area contributed by atoms with Crippen molar-refractivity contribution in [3.8, 4) is 11.5 Å². The number of aliphatic hydroxyl groups is 1. The first-order valence-electron chi connectivity index (χ1n) is 7.26. The Bertz CT molecular complexity index is 566. The van der Waals surface area contributed by atoms with Crippen molar-refractivity contribution in [3.05, 3.63) is 47.9 Å². The van der Waals surface area contributed by atoms with Crippen molar-refractivity contribution in [2.45, 2.75) is 26.1 Å². The van der Waals surface area contributed by atoms with Crippen LogP contribution in [0.2, 0.25) is 0 Å². The number of rotatable bonds is 8. The Kier molecular flexibility index (Phi) is 5.86. The van der Waals surface area contributed by atoms with E-state index >= 15 is 0 Å². The molecule has 1 aromatic carbocycles. The molecule has 0 aliphatic rings. The lowest BCUT2D eigenvalue weighted by Crippen LogP contribution is -2.30. The molecule has 2 aromatic rings. The van der Waals surface area contributed by atoms with E-state index in [1.807, 2.05) is 30.3 Å². The molecule has 120 valence electrons. The average Bonchev–Trinajstić information content (AvgIpc) is 2.99. The molecule has 0 aliphatic carbocycles. The molecule has 1 N–H and O–H groups in total. The molecule has 0 saturated carbocycles. The van der Waals surface area contributed by atoms with Crippen molar-refractivity contribution in [1.29, 1.82) is 0 Å². The van der Waals surface area contributed by atoms with Gasteiger partial charge in [0.2, 0.25) is 0 Å². The number of ether oxygens (including phenoxy) is 2. The van der Waals surface area contributed by atoms with E-state index in [-0.39, 0.29) is 0 Å².